The number of aromatic nitrogens is 2. The number of imidazole rings is 1. The average molecular weight is 370 g/mol. The largest absolute Gasteiger partial charge is 0.467 e. The van der Waals surface area contributed by atoms with Gasteiger partial charge in [0, 0.05) is 23.8 Å². The molecule has 6 heteroatoms. The molecule has 1 amide bonds. The summed E-state index contributed by atoms with van der Waals surface area (Å²) in [4.78, 5) is 19.1. The molecule has 0 unspecified atom stereocenters. The van der Waals surface area contributed by atoms with Crippen molar-refractivity contribution in [1.82, 2.24) is 14.5 Å². The van der Waals surface area contributed by atoms with Crippen LogP contribution in [0.4, 0.5) is 5.69 Å². The van der Waals surface area contributed by atoms with Gasteiger partial charge in [0.25, 0.3) is 5.91 Å². The lowest BCUT2D eigenvalue weighted by Crippen LogP contribution is -2.42. The van der Waals surface area contributed by atoms with Crippen molar-refractivity contribution in [2.75, 3.05) is 5.32 Å². The summed E-state index contributed by atoms with van der Waals surface area (Å²) < 4.78 is 7.44. The van der Waals surface area contributed by atoms with Crippen molar-refractivity contribution < 1.29 is 9.21 Å². The van der Waals surface area contributed by atoms with Crippen molar-refractivity contribution in [2.24, 2.45) is 0 Å². The molecule has 1 atom stereocenters. The van der Waals surface area contributed by atoms with Gasteiger partial charge in [0.1, 0.15) is 11.9 Å². The number of furan rings is 1. The number of carbonyl (C=O) groups excluding carboxylic acids is 1. The van der Waals surface area contributed by atoms with Gasteiger partial charge >= 0.3 is 0 Å². The topological polar surface area (TPSA) is 63.3 Å². The molecule has 1 aliphatic rings. The molecule has 5 rings (SSSR count). The lowest BCUT2D eigenvalue weighted by molar-refractivity contribution is 0.0651. The van der Waals surface area contributed by atoms with Crippen LogP contribution in [-0.4, -0.2) is 20.4 Å². The second kappa shape index (κ2) is 6.74. The monoisotopic (exact) mass is 370 g/mol. The lowest BCUT2D eigenvalue weighted by atomic mass is 10.0. The predicted octanol–water partition coefficient (Wildman–Crippen LogP) is 4.23. The van der Waals surface area contributed by atoms with Gasteiger partial charge < -0.3 is 19.2 Å². The molecule has 2 aromatic heterocycles. The summed E-state index contributed by atoms with van der Waals surface area (Å²) in [6.45, 7) is 0.390. The van der Waals surface area contributed by atoms with Gasteiger partial charge in [0.05, 0.1) is 24.7 Å². The quantitative estimate of drug-likeness (QED) is 0.584. The third kappa shape index (κ3) is 2.85. The smallest absolute Gasteiger partial charge is 0.258 e. The Bertz CT molecular complexity index is 1090. The number of benzene rings is 2. The fraction of sp³-hybridized carbons (Fsp3) is 0.0909. The highest BCUT2D eigenvalue weighted by Crippen LogP contribution is 2.34. The molecule has 0 fully saturated rings. The summed E-state index contributed by atoms with van der Waals surface area (Å²) in [7, 11) is 0. The molecule has 0 aliphatic carbocycles. The van der Waals surface area contributed by atoms with Crippen molar-refractivity contribution in [3.8, 4) is 5.69 Å². The molecule has 0 spiro atoms. The standard InChI is InChI=1S/C22H18N4O2/c27-22-19-5-1-2-6-20(19)24-21(26(22)14-18-4-3-13-28-18)16-7-9-17(10-8-16)25-12-11-23-15-25/h1-13,15,21,24H,14H2/t21-/m1/s1. The zero-order chi connectivity index (χ0) is 18.9. The van der Waals surface area contributed by atoms with Crippen LogP contribution in [0, 0.1) is 0 Å². The van der Waals surface area contributed by atoms with Crippen molar-refractivity contribution in [2.45, 2.75) is 12.7 Å². The van der Waals surface area contributed by atoms with Crippen LogP contribution < -0.4 is 5.32 Å². The van der Waals surface area contributed by atoms with Crippen molar-refractivity contribution in [1.29, 1.82) is 0 Å². The van der Waals surface area contributed by atoms with Crippen LogP contribution in [0.5, 0.6) is 0 Å². The first-order valence-corrected chi connectivity index (χ1v) is 9.07. The third-order valence-corrected chi connectivity index (χ3v) is 4.94. The second-order valence-corrected chi connectivity index (χ2v) is 6.67. The Hall–Kier alpha value is -3.80. The van der Waals surface area contributed by atoms with Gasteiger partial charge in [-0.15, -0.1) is 0 Å². The highest BCUT2D eigenvalue weighted by Gasteiger charge is 2.33. The molecule has 4 aromatic rings. The Labute approximate surface area is 162 Å². The predicted molar refractivity (Wildman–Crippen MR) is 105 cm³/mol. The Balaban J connectivity index is 1.52. The third-order valence-electron chi connectivity index (χ3n) is 4.94. The number of para-hydroxylation sites is 1. The number of fused-ring (bicyclic) bond motifs is 1. The summed E-state index contributed by atoms with van der Waals surface area (Å²) in [6, 6.07) is 19.4. The van der Waals surface area contributed by atoms with Gasteiger partial charge in [-0.05, 0) is 42.0 Å². The molecule has 2 aromatic carbocycles. The Kier molecular flexibility index (Phi) is 3.94. The van der Waals surface area contributed by atoms with E-state index >= 15 is 0 Å². The van der Waals surface area contributed by atoms with E-state index in [0.29, 0.717) is 12.1 Å². The van der Waals surface area contributed by atoms with Crippen LogP contribution in [-0.2, 0) is 6.54 Å². The summed E-state index contributed by atoms with van der Waals surface area (Å²) in [5.74, 6) is 0.726. The fourth-order valence-corrected chi connectivity index (χ4v) is 3.53. The van der Waals surface area contributed by atoms with Crippen LogP contribution in [0.15, 0.2) is 90.1 Å². The Morgan fingerprint density at radius 1 is 1.04 bits per heavy atom. The highest BCUT2D eigenvalue weighted by atomic mass is 16.3. The first-order valence-electron chi connectivity index (χ1n) is 9.07. The molecule has 6 nitrogen and oxygen atoms in total. The SMILES string of the molecule is O=C1c2ccccc2N[C@@H](c2ccc(-n3ccnc3)cc2)N1Cc1ccco1. The molecule has 0 radical (unpaired) electrons. The van der Waals surface area contributed by atoms with E-state index in [-0.39, 0.29) is 12.1 Å². The highest BCUT2D eigenvalue weighted by molar-refractivity contribution is 6.01. The van der Waals surface area contributed by atoms with Gasteiger partial charge in [0.2, 0.25) is 0 Å². The van der Waals surface area contributed by atoms with E-state index in [4.69, 9.17) is 4.42 Å². The number of hydrogen-bond donors (Lipinski definition) is 1. The number of anilines is 1. The van der Waals surface area contributed by atoms with Gasteiger partial charge in [-0.25, -0.2) is 4.98 Å². The van der Waals surface area contributed by atoms with Gasteiger partial charge in [-0.3, -0.25) is 4.79 Å². The van der Waals surface area contributed by atoms with Crippen LogP contribution in [0.25, 0.3) is 5.69 Å². The molecule has 28 heavy (non-hydrogen) atoms. The molecule has 1 aliphatic heterocycles. The van der Waals surface area contributed by atoms with Crippen LogP contribution in [0.1, 0.15) is 27.8 Å². The zero-order valence-electron chi connectivity index (χ0n) is 15.0. The molecule has 138 valence electrons. The van der Waals surface area contributed by atoms with E-state index in [2.05, 4.69) is 10.3 Å². The molecule has 0 bridgehead atoms. The zero-order valence-corrected chi connectivity index (χ0v) is 15.0. The molecular formula is C22H18N4O2. The van der Waals surface area contributed by atoms with Crippen LogP contribution in [0.3, 0.4) is 0 Å². The number of nitrogens with one attached hydrogen (secondary N) is 1. The Morgan fingerprint density at radius 3 is 2.64 bits per heavy atom. The van der Waals surface area contributed by atoms with E-state index in [1.165, 1.54) is 0 Å². The molecule has 0 saturated heterocycles. The van der Waals surface area contributed by atoms with Gasteiger partial charge in [0.15, 0.2) is 0 Å². The van der Waals surface area contributed by atoms with Crippen LogP contribution in [0.2, 0.25) is 0 Å². The molecule has 0 saturated carbocycles. The van der Waals surface area contributed by atoms with Crippen molar-refractivity contribution in [3.05, 3.63) is 103 Å². The number of hydrogen-bond acceptors (Lipinski definition) is 4. The molecule has 1 N–H and O–H groups in total. The number of rotatable bonds is 4. The minimum Gasteiger partial charge on any atom is -0.467 e. The maximum absolute atomic E-state index is 13.2. The first-order chi connectivity index (χ1) is 13.8. The van der Waals surface area contributed by atoms with E-state index in [1.54, 1.807) is 23.7 Å². The van der Waals surface area contributed by atoms with E-state index < -0.39 is 0 Å². The summed E-state index contributed by atoms with van der Waals surface area (Å²) >= 11 is 0. The first kappa shape index (κ1) is 16.4. The molecule has 3 heterocycles. The average Bonchev–Trinajstić information content (AvgIpc) is 3.44. The van der Waals surface area contributed by atoms with Gasteiger partial charge in [-0.1, -0.05) is 24.3 Å². The number of amides is 1. The maximum atomic E-state index is 13.2. The minimum absolute atomic E-state index is 0.0190. The number of carbonyl (C=O) groups is 1. The normalized spacial score (nSPS) is 15.9. The minimum atomic E-state index is -0.288. The molecular weight excluding hydrogens is 352 g/mol. The van der Waals surface area contributed by atoms with Crippen molar-refractivity contribution in [3.63, 3.8) is 0 Å². The Morgan fingerprint density at radius 2 is 1.89 bits per heavy atom. The van der Waals surface area contributed by atoms with Crippen LogP contribution >= 0.6 is 0 Å². The second-order valence-electron chi connectivity index (χ2n) is 6.67. The fourth-order valence-electron chi connectivity index (χ4n) is 3.53. The van der Waals surface area contributed by atoms with E-state index in [1.807, 2.05) is 71.4 Å². The van der Waals surface area contributed by atoms with Gasteiger partial charge in [-0.2, -0.15) is 0 Å². The van der Waals surface area contributed by atoms with E-state index in [0.717, 1.165) is 22.7 Å². The van der Waals surface area contributed by atoms with Crippen molar-refractivity contribution >= 4 is 11.6 Å². The van der Waals surface area contributed by atoms with E-state index in [9.17, 15) is 4.79 Å². The lowest BCUT2D eigenvalue weighted by Gasteiger charge is -2.37. The maximum Gasteiger partial charge on any atom is 0.258 e. The summed E-state index contributed by atoms with van der Waals surface area (Å²) in [5, 5.41) is 3.50. The number of nitrogens with zero attached hydrogens (tertiary/aromatic N) is 3. The summed E-state index contributed by atoms with van der Waals surface area (Å²) in [5.41, 5.74) is 3.52. The summed E-state index contributed by atoms with van der Waals surface area (Å²) in [6.07, 6.45) is 6.75.